The minimum absolute atomic E-state index is 0.0853. The number of aliphatic imine (C=N–C) groups is 1. The van der Waals surface area contributed by atoms with Gasteiger partial charge in [0.05, 0.1) is 6.54 Å². The molecular formula is C12H21N5O2. The highest BCUT2D eigenvalue weighted by Gasteiger charge is 2.09. The van der Waals surface area contributed by atoms with Crippen molar-refractivity contribution in [3.8, 4) is 0 Å². The van der Waals surface area contributed by atoms with E-state index in [0.29, 0.717) is 19.5 Å². The monoisotopic (exact) mass is 267 g/mol. The Morgan fingerprint density at radius 2 is 2.21 bits per heavy atom. The zero-order chi connectivity index (χ0) is 14.3. The molecule has 0 aliphatic rings. The number of hydrogen-bond acceptors (Lipinski definition) is 4. The minimum Gasteiger partial charge on any atom is -0.364 e. The quantitative estimate of drug-likeness (QED) is 0.607. The predicted molar refractivity (Wildman–Crippen MR) is 72.6 cm³/mol. The first-order valence-corrected chi connectivity index (χ1v) is 6.05. The number of rotatable bonds is 5. The van der Waals surface area contributed by atoms with E-state index >= 15 is 0 Å². The second kappa shape index (κ2) is 7.40. The molecule has 0 bridgehead atoms. The Morgan fingerprint density at radius 1 is 1.47 bits per heavy atom. The lowest BCUT2D eigenvalue weighted by Crippen LogP contribution is -2.40. The molecule has 1 rings (SSSR count). The molecule has 0 spiro atoms. The molecule has 0 fully saturated rings. The fraction of sp³-hybridized carbons (Fsp3) is 0.583. The molecule has 19 heavy (non-hydrogen) atoms. The first-order chi connectivity index (χ1) is 9.04. The lowest BCUT2D eigenvalue weighted by Gasteiger charge is -2.21. The summed E-state index contributed by atoms with van der Waals surface area (Å²) in [6.45, 7) is 1.14. The normalized spacial score (nSPS) is 11.3. The van der Waals surface area contributed by atoms with Crippen molar-refractivity contribution in [2.45, 2.75) is 13.0 Å². The van der Waals surface area contributed by atoms with Crippen LogP contribution in [0.25, 0.3) is 0 Å². The van der Waals surface area contributed by atoms with Crippen LogP contribution < -0.4 is 5.32 Å². The summed E-state index contributed by atoms with van der Waals surface area (Å²) in [6, 6.07) is 1.80. The average molecular weight is 267 g/mol. The van der Waals surface area contributed by atoms with Crippen molar-refractivity contribution in [2.24, 2.45) is 4.99 Å². The highest BCUT2D eigenvalue weighted by Crippen LogP contribution is 1.99. The van der Waals surface area contributed by atoms with Gasteiger partial charge in [-0.1, -0.05) is 5.16 Å². The Morgan fingerprint density at radius 3 is 2.74 bits per heavy atom. The maximum atomic E-state index is 11.4. The van der Waals surface area contributed by atoms with E-state index in [1.165, 1.54) is 6.26 Å². The summed E-state index contributed by atoms with van der Waals surface area (Å²) in [5.41, 5.74) is 0.829. The van der Waals surface area contributed by atoms with E-state index < -0.39 is 0 Å². The summed E-state index contributed by atoms with van der Waals surface area (Å²) in [7, 11) is 7.09. The van der Waals surface area contributed by atoms with E-state index in [-0.39, 0.29) is 5.91 Å². The molecular weight excluding hydrogens is 246 g/mol. The second-order valence-corrected chi connectivity index (χ2v) is 4.36. The molecule has 0 unspecified atom stereocenters. The summed E-state index contributed by atoms with van der Waals surface area (Å²) >= 11 is 0. The van der Waals surface area contributed by atoms with Gasteiger partial charge in [-0.3, -0.25) is 9.79 Å². The Labute approximate surface area is 113 Å². The third kappa shape index (κ3) is 4.99. The summed E-state index contributed by atoms with van der Waals surface area (Å²) < 4.78 is 4.78. The Hall–Kier alpha value is -2.05. The van der Waals surface area contributed by atoms with Crippen LogP contribution in [-0.2, 0) is 11.3 Å². The highest BCUT2D eigenvalue weighted by atomic mass is 16.5. The Bertz CT molecular complexity index is 414. The van der Waals surface area contributed by atoms with Gasteiger partial charge in [-0.2, -0.15) is 0 Å². The van der Waals surface area contributed by atoms with Crippen molar-refractivity contribution in [1.82, 2.24) is 20.3 Å². The summed E-state index contributed by atoms with van der Waals surface area (Å²) in [6.07, 6.45) is 1.97. The van der Waals surface area contributed by atoms with Crippen LogP contribution in [0.5, 0.6) is 0 Å². The summed E-state index contributed by atoms with van der Waals surface area (Å²) in [5, 5.41) is 6.98. The van der Waals surface area contributed by atoms with Crippen LogP contribution in [0.3, 0.4) is 0 Å². The number of amides is 1. The largest absolute Gasteiger partial charge is 0.364 e. The molecule has 1 aromatic heterocycles. The molecule has 0 atom stereocenters. The summed E-state index contributed by atoms with van der Waals surface area (Å²) in [4.78, 5) is 19.1. The molecule has 1 amide bonds. The van der Waals surface area contributed by atoms with Crippen LogP contribution in [0.15, 0.2) is 21.8 Å². The van der Waals surface area contributed by atoms with Crippen LogP contribution in [-0.4, -0.2) is 61.6 Å². The van der Waals surface area contributed by atoms with Gasteiger partial charge >= 0.3 is 0 Å². The van der Waals surface area contributed by atoms with E-state index in [4.69, 9.17) is 4.52 Å². The second-order valence-electron chi connectivity index (χ2n) is 4.36. The summed E-state index contributed by atoms with van der Waals surface area (Å²) in [5.74, 6) is 0.802. The molecule has 0 aliphatic heterocycles. The number of nitrogens with zero attached hydrogens (tertiary/aromatic N) is 4. The number of nitrogens with one attached hydrogen (secondary N) is 1. The van der Waals surface area contributed by atoms with Gasteiger partial charge in [0.1, 0.15) is 12.0 Å². The zero-order valence-corrected chi connectivity index (χ0v) is 11.9. The molecule has 0 saturated heterocycles. The lowest BCUT2D eigenvalue weighted by molar-refractivity contribution is -0.128. The first kappa shape index (κ1) is 15.0. The van der Waals surface area contributed by atoms with Gasteiger partial charge < -0.3 is 19.6 Å². The molecule has 0 radical (unpaired) electrons. The fourth-order valence-electron chi connectivity index (χ4n) is 1.53. The maximum Gasteiger partial charge on any atom is 0.223 e. The van der Waals surface area contributed by atoms with Crippen LogP contribution >= 0.6 is 0 Å². The zero-order valence-electron chi connectivity index (χ0n) is 11.9. The highest BCUT2D eigenvalue weighted by molar-refractivity contribution is 5.81. The topological polar surface area (TPSA) is 74.0 Å². The van der Waals surface area contributed by atoms with E-state index in [2.05, 4.69) is 15.5 Å². The van der Waals surface area contributed by atoms with Gasteiger partial charge in [-0.05, 0) is 0 Å². The van der Waals surface area contributed by atoms with Crippen molar-refractivity contribution in [1.29, 1.82) is 0 Å². The van der Waals surface area contributed by atoms with Crippen molar-refractivity contribution in [3.05, 3.63) is 18.0 Å². The minimum atomic E-state index is 0.0853. The standard InChI is InChI=1S/C12H21N5O2/c1-13-12(14-7-5-11(18)16(2)3)17(4)9-10-6-8-19-15-10/h6,8H,5,7,9H2,1-4H3,(H,13,14). The molecule has 1 N–H and O–H groups in total. The van der Waals surface area contributed by atoms with Gasteiger partial charge in [0.15, 0.2) is 5.96 Å². The van der Waals surface area contributed by atoms with Crippen molar-refractivity contribution >= 4 is 11.9 Å². The number of hydrogen-bond donors (Lipinski definition) is 1. The number of aromatic nitrogens is 1. The smallest absolute Gasteiger partial charge is 0.223 e. The molecule has 0 aliphatic carbocycles. The molecule has 7 heteroatoms. The van der Waals surface area contributed by atoms with E-state index in [0.717, 1.165) is 11.7 Å². The lowest BCUT2D eigenvalue weighted by atomic mass is 10.4. The molecule has 1 heterocycles. The third-order valence-electron chi connectivity index (χ3n) is 2.58. The van der Waals surface area contributed by atoms with Crippen molar-refractivity contribution in [2.75, 3.05) is 34.7 Å². The van der Waals surface area contributed by atoms with Crippen LogP contribution in [0.4, 0.5) is 0 Å². The van der Waals surface area contributed by atoms with E-state index in [9.17, 15) is 4.79 Å². The van der Waals surface area contributed by atoms with Gasteiger partial charge in [-0.25, -0.2) is 0 Å². The van der Waals surface area contributed by atoms with Gasteiger partial charge in [0.2, 0.25) is 5.91 Å². The fourth-order valence-corrected chi connectivity index (χ4v) is 1.53. The van der Waals surface area contributed by atoms with Crippen LogP contribution in [0, 0.1) is 0 Å². The van der Waals surface area contributed by atoms with Crippen LogP contribution in [0.1, 0.15) is 12.1 Å². The van der Waals surface area contributed by atoms with Crippen molar-refractivity contribution in [3.63, 3.8) is 0 Å². The van der Waals surface area contributed by atoms with Gasteiger partial charge in [0.25, 0.3) is 0 Å². The van der Waals surface area contributed by atoms with Gasteiger partial charge in [0, 0.05) is 47.2 Å². The number of carbonyl (C=O) groups is 1. The SMILES string of the molecule is CN=C(NCCC(=O)N(C)C)N(C)Cc1ccon1. The third-order valence-corrected chi connectivity index (χ3v) is 2.58. The predicted octanol–water partition coefficient (Wildman–Crippen LogP) is 0.160. The Balaban J connectivity index is 2.39. The molecule has 0 saturated carbocycles. The average Bonchev–Trinajstić information content (AvgIpc) is 2.86. The van der Waals surface area contributed by atoms with E-state index in [1.54, 1.807) is 32.1 Å². The van der Waals surface area contributed by atoms with Crippen LogP contribution in [0.2, 0.25) is 0 Å². The molecule has 0 aromatic carbocycles. The first-order valence-electron chi connectivity index (χ1n) is 6.05. The number of carbonyl (C=O) groups excluding carboxylic acids is 1. The van der Waals surface area contributed by atoms with Crippen molar-refractivity contribution < 1.29 is 9.32 Å². The van der Waals surface area contributed by atoms with E-state index in [1.807, 2.05) is 11.9 Å². The molecule has 106 valence electrons. The van der Waals surface area contributed by atoms with Gasteiger partial charge in [-0.15, -0.1) is 0 Å². The number of guanidine groups is 1. The maximum absolute atomic E-state index is 11.4. The molecule has 7 nitrogen and oxygen atoms in total. The Kier molecular flexibility index (Phi) is 5.84. The molecule has 1 aromatic rings.